The highest BCUT2D eigenvalue weighted by molar-refractivity contribution is 7.11. The molecule has 2 aromatic rings. The number of thiazole rings is 1. The van der Waals surface area contributed by atoms with Crippen LogP contribution in [0.5, 0.6) is 0 Å². The van der Waals surface area contributed by atoms with E-state index in [1.165, 1.54) is 11.3 Å². The summed E-state index contributed by atoms with van der Waals surface area (Å²) in [6.45, 7) is 7.80. The molecule has 0 bridgehead atoms. The van der Waals surface area contributed by atoms with Gasteiger partial charge in [0.2, 0.25) is 5.01 Å². The number of hydrogen-bond acceptors (Lipinski definition) is 6. The van der Waals surface area contributed by atoms with Crippen LogP contribution in [0.1, 0.15) is 52.5 Å². The molecule has 0 saturated heterocycles. The lowest BCUT2D eigenvalue weighted by Crippen LogP contribution is -2.24. The lowest BCUT2D eigenvalue weighted by atomic mass is 10.2. The van der Waals surface area contributed by atoms with Gasteiger partial charge in [0.25, 0.3) is 5.91 Å². The minimum atomic E-state index is -0.432. The van der Waals surface area contributed by atoms with Gasteiger partial charge in [-0.1, -0.05) is 13.3 Å². The molecule has 2 aromatic heterocycles. The molecule has 1 N–H and O–H groups in total. The lowest BCUT2D eigenvalue weighted by Gasteiger charge is -2.10. The molecule has 0 aliphatic heterocycles. The fourth-order valence-electron chi connectivity index (χ4n) is 2.71. The van der Waals surface area contributed by atoms with Gasteiger partial charge in [0.15, 0.2) is 0 Å². The third kappa shape index (κ3) is 5.17. The molecule has 0 radical (unpaired) electrons. The van der Waals surface area contributed by atoms with Crippen molar-refractivity contribution in [2.24, 2.45) is 0 Å². The summed E-state index contributed by atoms with van der Waals surface area (Å²) in [6, 6.07) is 1.83. The van der Waals surface area contributed by atoms with E-state index in [0.29, 0.717) is 42.6 Å². The first kappa shape index (κ1) is 21.1. The Morgan fingerprint density at radius 3 is 2.78 bits per heavy atom. The largest absolute Gasteiger partial charge is 0.461 e. The molecule has 0 unspecified atom stereocenters. The molecule has 8 heteroatoms. The Kier molecular flexibility index (Phi) is 7.99. The quantitative estimate of drug-likeness (QED) is 0.495. The number of amides is 1. The third-order valence-electron chi connectivity index (χ3n) is 4.16. The first-order valence-corrected chi connectivity index (χ1v) is 10.0. The molecule has 148 valence electrons. The standard InChI is InChI=1S/C19H27N3O4S/c1-5-7-8-20-17(23)14-11-16(22(13(14)3)9-10-25-4)15-12-27-18(21-15)19(24)26-6-2/h11-12H,5-10H2,1-4H3,(H,20,23). The van der Waals surface area contributed by atoms with Crippen LogP contribution in [0, 0.1) is 6.92 Å². The van der Waals surface area contributed by atoms with Crippen molar-refractivity contribution in [3.8, 4) is 11.4 Å². The van der Waals surface area contributed by atoms with Gasteiger partial charge in [-0.05, 0) is 26.3 Å². The summed E-state index contributed by atoms with van der Waals surface area (Å²) >= 11 is 1.23. The van der Waals surface area contributed by atoms with Crippen molar-refractivity contribution in [1.29, 1.82) is 0 Å². The number of carbonyl (C=O) groups is 2. The van der Waals surface area contributed by atoms with Crippen LogP contribution in [0.4, 0.5) is 0 Å². The third-order valence-corrected chi connectivity index (χ3v) is 4.99. The van der Waals surface area contributed by atoms with Crippen molar-refractivity contribution in [3.05, 3.63) is 27.7 Å². The zero-order valence-corrected chi connectivity index (χ0v) is 17.1. The average Bonchev–Trinajstić information content (AvgIpc) is 3.25. The number of esters is 1. The molecule has 0 spiro atoms. The van der Waals surface area contributed by atoms with Gasteiger partial charge in [0.05, 0.1) is 30.2 Å². The number of rotatable bonds is 10. The number of hydrogen-bond donors (Lipinski definition) is 1. The zero-order valence-electron chi connectivity index (χ0n) is 16.3. The van der Waals surface area contributed by atoms with Gasteiger partial charge in [0.1, 0.15) is 0 Å². The monoisotopic (exact) mass is 393 g/mol. The molecular formula is C19H27N3O4S. The number of methoxy groups -OCH3 is 1. The molecule has 2 rings (SSSR count). The van der Waals surface area contributed by atoms with Gasteiger partial charge in [-0.2, -0.15) is 0 Å². The van der Waals surface area contributed by atoms with E-state index in [1.54, 1.807) is 14.0 Å². The van der Waals surface area contributed by atoms with Gasteiger partial charge in [0, 0.05) is 31.3 Å². The molecule has 0 aliphatic carbocycles. The fraction of sp³-hybridized carbons (Fsp3) is 0.526. The summed E-state index contributed by atoms with van der Waals surface area (Å²) < 4.78 is 12.2. The molecule has 7 nitrogen and oxygen atoms in total. The van der Waals surface area contributed by atoms with Gasteiger partial charge < -0.3 is 19.4 Å². The van der Waals surface area contributed by atoms with E-state index in [2.05, 4.69) is 17.2 Å². The summed E-state index contributed by atoms with van der Waals surface area (Å²) in [5, 5.41) is 5.07. The lowest BCUT2D eigenvalue weighted by molar-refractivity contribution is 0.0526. The van der Waals surface area contributed by atoms with Crippen LogP contribution in [0.3, 0.4) is 0 Å². The maximum absolute atomic E-state index is 12.6. The number of nitrogens with zero attached hydrogens (tertiary/aromatic N) is 2. The van der Waals surface area contributed by atoms with Crippen molar-refractivity contribution in [2.75, 3.05) is 26.9 Å². The maximum atomic E-state index is 12.6. The summed E-state index contributed by atoms with van der Waals surface area (Å²) in [7, 11) is 1.64. The number of nitrogens with one attached hydrogen (secondary N) is 1. The van der Waals surface area contributed by atoms with Crippen LogP contribution in [0.15, 0.2) is 11.4 Å². The van der Waals surface area contributed by atoms with Crippen LogP contribution < -0.4 is 5.32 Å². The molecular weight excluding hydrogens is 366 g/mol. The van der Waals surface area contributed by atoms with E-state index in [1.807, 2.05) is 22.9 Å². The van der Waals surface area contributed by atoms with E-state index < -0.39 is 5.97 Å². The molecule has 0 atom stereocenters. The Morgan fingerprint density at radius 2 is 2.11 bits per heavy atom. The van der Waals surface area contributed by atoms with E-state index in [4.69, 9.17) is 9.47 Å². The van der Waals surface area contributed by atoms with Crippen molar-refractivity contribution >= 4 is 23.2 Å². The molecule has 0 aromatic carbocycles. The van der Waals surface area contributed by atoms with Crippen LogP contribution in [-0.2, 0) is 16.0 Å². The van der Waals surface area contributed by atoms with Gasteiger partial charge >= 0.3 is 5.97 Å². The Labute approximate surface area is 163 Å². The molecule has 0 saturated carbocycles. The molecule has 0 aliphatic rings. The van der Waals surface area contributed by atoms with Crippen LogP contribution in [0.2, 0.25) is 0 Å². The van der Waals surface area contributed by atoms with Crippen LogP contribution in [-0.4, -0.2) is 48.3 Å². The van der Waals surface area contributed by atoms with Gasteiger partial charge in [-0.3, -0.25) is 4.79 Å². The Hall–Kier alpha value is -2.19. The molecule has 27 heavy (non-hydrogen) atoms. The van der Waals surface area contributed by atoms with Gasteiger partial charge in [-0.25, -0.2) is 9.78 Å². The summed E-state index contributed by atoms with van der Waals surface area (Å²) in [4.78, 5) is 28.9. The SMILES string of the molecule is CCCCNC(=O)c1cc(-c2csc(C(=O)OCC)n2)n(CCOC)c1C. The van der Waals surface area contributed by atoms with Gasteiger partial charge in [-0.15, -0.1) is 11.3 Å². The van der Waals surface area contributed by atoms with E-state index in [0.717, 1.165) is 24.2 Å². The second-order valence-corrected chi connectivity index (χ2v) is 6.90. The minimum Gasteiger partial charge on any atom is -0.461 e. The Morgan fingerprint density at radius 1 is 1.33 bits per heavy atom. The average molecular weight is 394 g/mol. The highest BCUT2D eigenvalue weighted by Crippen LogP contribution is 2.27. The first-order valence-electron chi connectivity index (χ1n) is 9.13. The van der Waals surface area contributed by atoms with Crippen molar-refractivity contribution < 1.29 is 19.1 Å². The highest BCUT2D eigenvalue weighted by Gasteiger charge is 2.21. The number of unbranched alkanes of at least 4 members (excludes halogenated alkanes) is 1. The van der Waals surface area contributed by atoms with Crippen molar-refractivity contribution in [3.63, 3.8) is 0 Å². The predicted octanol–water partition coefficient (Wildman–Crippen LogP) is 3.27. The number of aromatic nitrogens is 2. The molecule has 0 fully saturated rings. The second kappa shape index (κ2) is 10.2. The zero-order chi connectivity index (χ0) is 19.8. The molecule has 1 amide bonds. The number of carbonyl (C=O) groups excluding carboxylic acids is 2. The highest BCUT2D eigenvalue weighted by atomic mass is 32.1. The predicted molar refractivity (Wildman–Crippen MR) is 105 cm³/mol. The minimum absolute atomic E-state index is 0.0980. The van der Waals surface area contributed by atoms with E-state index in [9.17, 15) is 9.59 Å². The summed E-state index contributed by atoms with van der Waals surface area (Å²) in [5.41, 5.74) is 2.90. The molecule has 2 heterocycles. The smallest absolute Gasteiger partial charge is 0.367 e. The van der Waals surface area contributed by atoms with Crippen molar-refractivity contribution in [2.45, 2.75) is 40.2 Å². The van der Waals surface area contributed by atoms with E-state index >= 15 is 0 Å². The van der Waals surface area contributed by atoms with Crippen LogP contribution in [0.25, 0.3) is 11.4 Å². The summed E-state index contributed by atoms with van der Waals surface area (Å²) in [5.74, 6) is -0.530. The normalized spacial score (nSPS) is 10.8. The van der Waals surface area contributed by atoms with Crippen LogP contribution >= 0.6 is 11.3 Å². The Bertz CT molecular complexity index is 782. The number of ether oxygens (including phenoxy) is 2. The fourth-order valence-corrected chi connectivity index (χ4v) is 3.41. The Balaban J connectivity index is 2.35. The van der Waals surface area contributed by atoms with E-state index in [-0.39, 0.29) is 5.91 Å². The topological polar surface area (TPSA) is 82.5 Å². The second-order valence-electron chi connectivity index (χ2n) is 6.04. The summed E-state index contributed by atoms with van der Waals surface area (Å²) in [6.07, 6.45) is 1.96. The maximum Gasteiger partial charge on any atom is 0.367 e. The van der Waals surface area contributed by atoms with Crippen molar-refractivity contribution in [1.82, 2.24) is 14.9 Å². The first-order chi connectivity index (χ1) is 13.0.